The Kier molecular flexibility index (Phi) is 7.37. The number of hydrogen-bond acceptors (Lipinski definition) is 3. The lowest BCUT2D eigenvalue weighted by atomic mass is 9.94. The van der Waals surface area contributed by atoms with Crippen molar-refractivity contribution in [1.29, 1.82) is 0 Å². The van der Waals surface area contributed by atoms with Crippen LogP contribution in [0.15, 0.2) is 71.1 Å². The van der Waals surface area contributed by atoms with E-state index in [1.807, 2.05) is 49.4 Å². The maximum Gasteiger partial charge on any atom is 0.264 e. The Morgan fingerprint density at radius 1 is 1.03 bits per heavy atom. The van der Waals surface area contributed by atoms with Crippen molar-refractivity contribution < 1.29 is 12.8 Å². The second kappa shape index (κ2) is 9.54. The molecule has 0 fully saturated rings. The summed E-state index contributed by atoms with van der Waals surface area (Å²) in [6.45, 7) is 13.6. The standard InChI is InChI=1S/C26H37NO3SSi/c1-21-16-18-24(19-17-21)31(28,29)27(23-13-8-7-9-14-23)25-15-11-10-12-22(25)20-30-32(5,6)26(2,3)4/h7-9,12-14,16-19,25H,10-11,15,20H2,1-6H3. The SMILES string of the molecule is Cc1ccc(S(=O)(=O)N(c2ccccc2)C2CCCC=C2CO[Si](C)(C)C(C)(C)C)cc1. The second-order valence-electron chi connectivity index (χ2n) is 10.2. The average molecular weight is 472 g/mol. The summed E-state index contributed by atoms with van der Waals surface area (Å²) in [5, 5.41) is 0.102. The highest BCUT2D eigenvalue weighted by atomic mass is 32.2. The Labute approximate surface area is 195 Å². The van der Waals surface area contributed by atoms with Crippen LogP contribution in [0.25, 0.3) is 0 Å². The summed E-state index contributed by atoms with van der Waals surface area (Å²) in [7, 11) is -5.69. The Morgan fingerprint density at radius 3 is 2.25 bits per heavy atom. The maximum atomic E-state index is 13.9. The predicted octanol–water partition coefficient (Wildman–Crippen LogP) is 6.69. The normalized spacial score (nSPS) is 17.7. The number of para-hydroxylation sites is 1. The molecule has 1 aliphatic rings. The van der Waals surface area contributed by atoms with Gasteiger partial charge in [0.2, 0.25) is 0 Å². The van der Waals surface area contributed by atoms with Gasteiger partial charge >= 0.3 is 0 Å². The predicted molar refractivity (Wildman–Crippen MR) is 136 cm³/mol. The molecule has 0 saturated heterocycles. The molecular weight excluding hydrogens is 434 g/mol. The van der Waals surface area contributed by atoms with E-state index in [1.54, 1.807) is 16.4 Å². The number of sulfonamides is 1. The molecule has 0 aliphatic heterocycles. The molecule has 1 atom stereocenters. The van der Waals surface area contributed by atoms with Crippen molar-refractivity contribution in [3.63, 3.8) is 0 Å². The fourth-order valence-corrected chi connectivity index (χ4v) is 6.35. The van der Waals surface area contributed by atoms with Crippen LogP contribution >= 0.6 is 0 Å². The minimum Gasteiger partial charge on any atom is -0.413 e. The van der Waals surface area contributed by atoms with Crippen LogP contribution in [-0.4, -0.2) is 29.4 Å². The summed E-state index contributed by atoms with van der Waals surface area (Å²) in [6.07, 6.45) is 4.90. The minimum atomic E-state index is -3.74. The van der Waals surface area contributed by atoms with Crippen LogP contribution in [0.1, 0.15) is 45.6 Å². The van der Waals surface area contributed by atoms with E-state index in [1.165, 1.54) is 0 Å². The van der Waals surface area contributed by atoms with Crippen LogP contribution in [0.2, 0.25) is 18.1 Å². The van der Waals surface area contributed by atoms with Gasteiger partial charge in [-0.15, -0.1) is 0 Å². The summed E-state index contributed by atoms with van der Waals surface area (Å²) in [4.78, 5) is 0.321. The zero-order valence-electron chi connectivity index (χ0n) is 20.3. The molecule has 0 radical (unpaired) electrons. The van der Waals surface area contributed by atoms with Gasteiger partial charge in [0.1, 0.15) is 0 Å². The molecule has 0 heterocycles. The first-order valence-corrected chi connectivity index (χ1v) is 15.8. The van der Waals surface area contributed by atoms with Crippen LogP contribution in [0, 0.1) is 6.92 Å². The van der Waals surface area contributed by atoms with Gasteiger partial charge in [-0.3, -0.25) is 4.31 Å². The Morgan fingerprint density at radius 2 is 1.66 bits per heavy atom. The maximum absolute atomic E-state index is 13.9. The van der Waals surface area contributed by atoms with Crippen LogP contribution < -0.4 is 4.31 Å². The van der Waals surface area contributed by atoms with Crippen LogP contribution in [0.3, 0.4) is 0 Å². The molecule has 2 aromatic carbocycles. The number of aryl methyl sites for hydroxylation is 1. The summed E-state index contributed by atoms with van der Waals surface area (Å²) < 4.78 is 36.0. The van der Waals surface area contributed by atoms with E-state index in [-0.39, 0.29) is 11.1 Å². The lowest BCUT2D eigenvalue weighted by Gasteiger charge is -2.40. The molecule has 0 aromatic heterocycles. The van der Waals surface area contributed by atoms with E-state index in [2.05, 4.69) is 39.9 Å². The molecular formula is C26H37NO3SSi. The van der Waals surface area contributed by atoms with Gasteiger partial charge in [0.25, 0.3) is 10.0 Å². The molecule has 6 heteroatoms. The Hall–Kier alpha value is -1.89. The molecule has 1 aliphatic carbocycles. The van der Waals surface area contributed by atoms with Crippen molar-refractivity contribution in [3.8, 4) is 0 Å². The zero-order valence-corrected chi connectivity index (χ0v) is 22.1. The highest BCUT2D eigenvalue weighted by Crippen LogP contribution is 2.38. The quantitative estimate of drug-likeness (QED) is 0.334. The monoisotopic (exact) mass is 471 g/mol. The van der Waals surface area contributed by atoms with Crippen LogP contribution in [-0.2, 0) is 14.4 Å². The molecule has 1 unspecified atom stereocenters. The number of anilines is 1. The molecule has 3 rings (SSSR count). The van der Waals surface area contributed by atoms with E-state index in [9.17, 15) is 8.42 Å². The molecule has 0 N–H and O–H groups in total. The molecule has 0 bridgehead atoms. The first-order valence-electron chi connectivity index (χ1n) is 11.4. The molecule has 4 nitrogen and oxygen atoms in total. The van der Waals surface area contributed by atoms with Gasteiger partial charge in [-0.2, -0.15) is 0 Å². The topological polar surface area (TPSA) is 46.6 Å². The first-order chi connectivity index (χ1) is 14.9. The molecule has 2 aromatic rings. The van der Waals surface area contributed by atoms with E-state index in [0.29, 0.717) is 17.2 Å². The van der Waals surface area contributed by atoms with Crippen molar-refractivity contribution in [2.75, 3.05) is 10.9 Å². The van der Waals surface area contributed by atoms with Crippen LogP contribution in [0.4, 0.5) is 5.69 Å². The average Bonchev–Trinajstić information content (AvgIpc) is 2.73. The smallest absolute Gasteiger partial charge is 0.264 e. The number of rotatable bonds is 7. The van der Waals surface area contributed by atoms with Gasteiger partial charge < -0.3 is 4.43 Å². The minimum absolute atomic E-state index is 0.102. The lowest BCUT2D eigenvalue weighted by molar-refractivity contribution is 0.307. The van der Waals surface area contributed by atoms with Gasteiger partial charge in [0.05, 0.1) is 23.2 Å². The molecule has 174 valence electrons. The van der Waals surface area contributed by atoms with E-state index < -0.39 is 18.3 Å². The molecule has 0 saturated carbocycles. The zero-order chi connectivity index (χ0) is 23.6. The summed E-state index contributed by atoms with van der Waals surface area (Å²) >= 11 is 0. The van der Waals surface area contributed by atoms with Gasteiger partial charge in [0.15, 0.2) is 8.32 Å². The van der Waals surface area contributed by atoms with Crippen molar-refractivity contribution >= 4 is 24.0 Å². The first kappa shape index (κ1) is 24.7. The van der Waals surface area contributed by atoms with E-state index in [4.69, 9.17) is 4.43 Å². The number of nitrogens with zero attached hydrogens (tertiary/aromatic N) is 1. The third-order valence-electron chi connectivity index (χ3n) is 6.79. The Balaban J connectivity index is 2.01. The molecule has 0 amide bonds. The summed E-state index contributed by atoms with van der Waals surface area (Å²) in [5.74, 6) is 0. The lowest BCUT2D eigenvalue weighted by Crippen LogP contribution is -2.46. The third kappa shape index (κ3) is 5.35. The summed E-state index contributed by atoms with van der Waals surface area (Å²) in [6, 6.07) is 16.3. The molecule has 0 spiro atoms. The van der Waals surface area contributed by atoms with E-state index >= 15 is 0 Å². The van der Waals surface area contributed by atoms with Crippen molar-refractivity contribution in [2.24, 2.45) is 0 Å². The number of benzene rings is 2. The Bertz CT molecular complexity index is 1040. The third-order valence-corrected chi connectivity index (χ3v) is 13.1. The highest BCUT2D eigenvalue weighted by Gasteiger charge is 2.39. The van der Waals surface area contributed by atoms with Crippen molar-refractivity contribution in [3.05, 3.63) is 71.8 Å². The highest BCUT2D eigenvalue weighted by molar-refractivity contribution is 7.92. The van der Waals surface area contributed by atoms with Crippen molar-refractivity contribution in [2.45, 2.75) is 76.0 Å². The van der Waals surface area contributed by atoms with Gasteiger partial charge in [-0.05, 0) is 74.2 Å². The van der Waals surface area contributed by atoms with Crippen molar-refractivity contribution in [1.82, 2.24) is 0 Å². The largest absolute Gasteiger partial charge is 0.413 e. The van der Waals surface area contributed by atoms with Gasteiger partial charge in [-0.25, -0.2) is 8.42 Å². The number of allylic oxidation sites excluding steroid dienone is 1. The fourth-order valence-electron chi connectivity index (χ4n) is 3.71. The second-order valence-corrected chi connectivity index (χ2v) is 16.8. The van der Waals surface area contributed by atoms with Gasteiger partial charge in [0, 0.05) is 0 Å². The molecule has 32 heavy (non-hydrogen) atoms. The van der Waals surface area contributed by atoms with E-state index in [0.717, 1.165) is 30.4 Å². The fraction of sp³-hybridized carbons (Fsp3) is 0.462. The van der Waals surface area contributed by atoms with Gasteiger partial charge in [-0.1, -0.05) is 62.7 Å². The summed E-state index contributed by atoms with van der Waals surface area (Å²) in [5.41, 5.74) is 2.80. The number of hydrogen-bond donors (Lipinski definition) is 0. The van der Waals surface area contributed by atoms with Crippen LogP contribution in [0.5, 0.6) is 0 Å².